The van der Waals surface area contributed by atoms with Crippen LogP contribution in [0.15, 0.2) is 18.2 Å². The number of hydrogen-bond donors (Lipinski definition) is 2. The molecule has 0 radical (unpaired) electrons. The Kier molecular flexibility index (Phi) is 4.51. The first-order valence-electron chi connectivity index (χ1n) is 6.92. The van der Waals surface area contributed by atoms with Crippen LogP contribution < -0.4 is 5.32 Å². The van der Waals surface area contributed by atoms with E-state index >= 15 is 0 Å². The van der Waals surface area contributed by atoms with Gasteiger partial charge < -0.3 is 10.4 Å². The standard InChI is InChI=1S/C16H18FNO3S/c1-9-11-8-10(17)4-5-12(11)22-13(9)14(19)18-7-6-16(2,3)15(20)21/h4-5,8H,6-7H2,1-3H3,(H,18,19)(H,20,21). The average molecular weight is 323 g/mol. The van der Waals surface area contributed by atoms with E-state index < -0.39 is 11.4 Å². The van der Waals surface area contributed by atoms with Crippen molar-refractivity contribution in [1.82, 2.24) is 5.32 Å². The molecule has 2 aromatic rings. The van der Waals surface area contributed by atoms with Crippen molar-refractivity contribution >= 4 is 33.3 Å². The van der Waals surface area contributed by atoms with Gasteiger partial charge in [0.05, 0.1) is 10.3 Å². The fraction of sp³-hybridized carbons (Fsp3) is 0.375. The van der Waals surface area contributed by atoms with Crippen molar-refractivity contribution in [2.45, 2.75) is 27.2 Å². The highest BCUT2D eigenvalue weighted by Gasteiger charge is 2.27. The van der Waals surface area contributed by atoms with E-state index in [1.807, 2.05) is 0 Å². The van der Waals surface area contributed by atoms with Crippen molar-refractivity contribution in [1.29, 1.82) is 0 Å². The van der Waals surface area contributed by atoms with E-state index in [0.29, 0.717) is 11.3 Å². The highest BCUT2D eigenvalue weighted by molar-refractivity contribution is 7.21. The summed E-state index contributed by atoms with van der Waals surface area (Å²) in [4.78, 5) is 23.8. The summed E-state index contributed by atoms with van der Waals surface area (Å²) in [6.45, 7) is 5.30. The second-order valence-electron chi connectivity index (χ2n) is 5.89. The number of hydrogen-bond acceptors (Lipinski definition) is 3. The minimum atomic E-state index is -0.893. The molecular formula is C16H18FNO3S. The summed E-state index contributed by atoms with van der Waals surface area (Å²) in [6.07, 6.45) is 0.340. The molecule has 1 amide bonds. The summed E-state index contributed by atoms with van der Waals surface area (Å²) < 4.78 is 14.1. The SMILES string of the molecule is Cc1c(C(=O)NCCC(C)(C)C(=O)O)sc2ccc(F)cc12. The van der Waals surface area contributed by atoms with E-state index in [2.05, 4.69) is 5.32 Å². The van der Waals surface area contributed by atoms with Gasteiger partial charge in [-0.2, -0.15) is 0 Å². The third-order valence-corrected chi connectivity index (χ3v) is 4.99. The van der Waals surface area contributed by atoms with Crippen LogP contribution in [-0.4, -0.2) is 23.5 Å². The Morgan fingerprint density at radius 2 is 2.05 bits per heavy atom. The van der Waals surface area contributed by atoms with Crippen molar-refractivity contribution in [2.24, 2.45) is 5.41 Å². The molecule has 0 aliphatic carbocycles. The van der Waals surface area contributed by atoms with Gasteiger partial charge in [0.2, 0.25) is 0 Å². The van der Waals surface area contributed by atoms with Crippen LogP contribution in [0.3, 0.4) is 0 Å². The van der Waals surface area contributed by atoms with E-state index in [1.54, 1.807) is 26.8 Å². The van der Waals surface area contributed by atoms with Gasteiger partial charge in [-0.25, -0.2) is 4.39 Å². The molecule has 1 aromatic carbocycles. The molecule has 0 bridgehead atoms. The summed E-state index contributed by atoms with van der Waals surface area (Å²) >= 11 is 1.31. The molecule has 0 saturated carbocycles. The van der Waals surface area contributed by atoms with Gasteiger partial charge in [0.1, 0.15) is 5.82 Å². The highest BCUT2D eigenvalue weighted by atomic mass is 32.1. The number of benzene rings is 1. The fourth-order valence-electron chi connectivity index (χ4n) is 2.09. The Labute approximate surface area is 132 Å². The maximum atomic E-state index is 13.3. The number of carbonyl (C=O) groups excluding carboxylic acids is 1. The first-order chi connectivity index (χ1) is 10.2. The lowest BCUT2D eigenvalue weighted by Gasteiger charge is -2.18. The molecule has 22 heavy (non-hydrogen) atoms. The minimum absolute atomic E-state index is 0.250. The van der Waals surface area contributed by atoms with Crippen LogP contribution in [-0.2, 0) is 4.79 Å². The van der Waals surface area contributed by atoms with Crippen LogP contribution in [0.5, 0.6) is 0 Å². The zero-order chi connectivity index (χ0) is 16.5. The normalized spacial score (nSPS) is 11.6. The number of aryl methyl sites for hydroxylation is 1. The Morgan fingerprint density at radius 1 is 1.36 bits per heavy atom. The molecule has 0 saturated heterocycles. The van der Waals surface area contributed by atoms with Crippen LogP contribution in [0.25, 0.3) is 10.1 Å². The van der Waals surface area contributed by atoms with Crippen molar-refractivity contribution in [3.05, 3.63) is 34.5 Å². The Morgan fingerprint density at radius 3 is 2.68 bits per heavy atom. The van der Waals surface area contributed by atoms with Gasteiger partial charge in [0.15, 0.2) is 0 Å². The molecule has 0 fully saturated rings. The molecule has 2 N–H and O–H groups in total. The summed E-state index contributed by atoms with van der Waals surface area (Å²) in [5.41, 5.74) is -0.138. The monoisotopic (exact) mass is 323 g/mol. The zero-order valence-corrected chi connectivity index (χ0v) is 13.5. The van der Waals surface area contributed by atoms with Gasteiger partial charge in [-0.1, -0.05) is 0 Å². The van der Waals surface area contributed by atoms with Gasteiger partial charge in [-0.15, -0.1) is 11.3 Å². The van der Waals surface area contributed by atoms with E-state index in [-0.39, 0.29) is 18.3 Å². The van der Waals surface area contributed by atoms with Gasteiger partial charge >= 0.3 is 5.97 Å². The lowest BCUT2D eigenvalue weighted by Crippen LogP contribution is -2.31. The number of aliphatic carboxylic acids is 1. The lowest BCUT2D eigenvalue weighted by molar-refractivity contribution is -0.147. The average Bonchev–Trinajstić information content (AvgIpc) is 2.75. The van der Waals surface area contributed by atoms with Gasteiger partial charge in [-0.3, -0.25) is 9.59 Å². The van der Waals surface area contributed by atoms with Crippen LogP contribution in [0.1, 0.15) is 35.5 Å². The molecule has 0 aliphatic heterocycles. The third kappa shape index (κ3) is 3.27. The van der Waals surface area contributed by atoms with Crippen LogP contribution >= 0.6 is 11.3 Å². The van der Waals surface area contributed by atoms with Crippen molar-refractivity contribution in [3.8, 4) is 0 Å². The van der Waals surface area contributed by atoms with E-state index in [1.165, 1.54) is 23.5 Å². The third-order valence-electron chi connectivity index (χ3n) is 3.72. The summed E-state index contributed by atoms with van der Waals surface area (Å²) in [6, 6.07) is 4.45. The maximum Gasteiger partial charge on any atom is 0.309 e. The molecule has 118 valence electrons. The first kappa shape index (κ1) is 16.4. The largest absolute Gasteiger partial charge is 0.481 e. The molecule has 6 heteroatoms. The lowest BCUT2D eigenvalue weighted by atomic mass is 9.90. The molecule has 0 unspecified atom stereocenters. The number of halogens is 1. The van der Waals surface area contributed by atoms with Crippen molar-refractivity contribution in [2.75, 3.05) is 6.54 Å². The number of carbonyl (C=O) groups is 2. The minimum Gasteiger partial charge on any atom is -0.481 e. The Balaban J connectivity index is 2.11. The van der Waals surface area contributed by atoms with E-state index in [9.17, 15) is 14.0 Å². The van der Waals surface area contributed by atoms with Gasteiger partial charge in [0.25, 0.3) is 5.91 Å². The van der Waals surface area contributed by atoms with E-state index in [4.69, 9.17) is 5.11 Å². The quantitative estimate of drug-likeness (QED) is 0.884. The Hall–Kier alpha value is -1.95. The first-order valence-corrected chi connectivity index (χ1v) is 7.74. The predicted octanol–water partition coefficient (Wildman–Crippen LogP) is 3.58. The van der Waals surface area contributed by atoms with Crippen LogP contribution in [0.2, 0.25) is 0 Å². The molecule has 0 aliphatic rings. The number of amides is 1. The van der Waals surface area contributed by atoms with E-state index in [0.717, 1.165) is 15.6 Å². The summed E-state index contributed by atoms with van der Waals surface area (Å²) in [7, 11) is 0. The van der Waals surface area contributed by atoms with Crippen molar-refractivity contribution in [3.63, 3.8) is 0 Å². The highest BCUT2D eigenvalue weighted by Crippen LogP contribution is 2.31. The Bertz CT molecular complexity index is 736. The second-order valence-corrected chi connectivity index (χ2v) is 6.94. The number of fused-ring (bicyclic) bond motifs is 1. The number of carboxylic acid groups (broad SMARTS) is 1. The number of carboxylic acids is 1. The molecule has 4 nitrogen and oxygen atoms in total. The second kappa shape index (κ2) is 6.04. The van der Waals surface area contributed by atoms with Crippen LogP contribution in [0.4, 0.5) is 4.39 Å². The zero-order valence-electron chi connectivity index (χ0n) is 12.7. The van der Waals surface area contributed by atoms with Gasteiger partial charge in [0, 0.05) is 11.2 Å². The maximum absolute atomic E-state index is 13.3. The summed E-state index contributed by atoms with van der Waals surface area (Å²) in [5.74, 6) is -1.47. The predicted molar refractivity (Wildman–Crippen MR) is 84.9 cm³/mol. The van der Waals surface area contributed by atoms with Crippen molar-refractivity contribution < 1.29 is 19.1 Å². The molecule has 1 aromatic heterocycles. The van der Waals surface area contributed by atoms with Gasteiger partial charge in [-0.05, 0) is 56.3 Å². The summed E-state index contributed by atoms with van der Waals surface area (Å²) in [5, 5.41) is 12.5. The number of thiophene rings is 1. The smallest absolute Gasteiger partial charge is 0.309 e. The molecule has 0 atom stereocenters. The number of nitrogens with one attached hydrogen (secondary N) is 1. The van der Waals surface area contributed by atoms with Crippen LogP contribution in [0, 0.1) is 18.2 Å². The molecular weight excluding hydrogens is 305 g/mol. The fourth-order valence-corrected chi connectivity index (χ4v) is 3.19. The number of rotatable bonds is 5. The molecule has 2 rings (SSSR count). The topological polar surface area (TPSA) is 66.4 Å². The molecule has 0 spiro atoms. The molecule has 1 heterocycles.